The number of pyridine rings is 1. The van der Waals surface area contributed by atoms with E-state index in [0.717, 1.165) is 15.4 Å². The Kier molecular flexibility index (Phi) is 6.89. The largest absolute Gasteiger partial charge is 0.619 e. The van der Waals surface area contributed by atoms with Crippen molar-refractivity contribution in [2.75, 3.05) is 6.61 Å². The molecule has 0 aliphatic rings. The fourth-order valence-corrected chi connectivity index (χ4v) is 4.05. The second kappa shape index (κ2) is 9.57. The molecule has 8 heteroatoms. The third kappa shape index (κ3) is 5.24. The van der Waals surface area contributed by atoms with E-state index in [9.17, 15) is 14.0 Å². The molecule has 0 bridgehead atoms. The van der Waals surface area contributed by atoms with Gasteiger partial charge in [-0.2, -0.15) is 13.5 Å². The molecule has 2 heterocycles. The summed E-state index contributed by atoms with van der Waals surface area (Å²) in [5.41, 5.74) is 1.50. The Morgan fingerprint density at radius 3 is 2.64 bits per heavy atom. The van der Waals surface area contributed by atoms with Gasteiger partial charge in [0.2, 0.25) is 0 Å². The van der Waals surface area contributed by atoms with Crippen LogP contribution in [0.1, 0.15) is 33.4 Å². The minimum Gasteiger partial charge on any atom is -0.619 e. The SMILES string of the molecule is [O-][n+]1ccc(CC(c2ncc(CCCO)s2)c2ccccc2OC(F)F)cc1. The first kappa shape index (κ1) is 20.2. The van der Waals surface area contributed by atoms with Crippen LogP contribution in [0.25, 0.3) is 0 Å². The van der Waals surface area contributed by atoms with Crippen LogP contribution in [0.4, 0.5) is 8.78 Å². The lowest BCUT2D eigenvalue weighted by molar-refractivity contribution is -0.605. The predicted molar refractivity (Wildman–Crippen MR) is 102 cm³/mol. The Morgan fingerprint density at radius 1 is 1.18 bits per heavy atom. The Balaban J connectivity index is 1.97. The van der Waals surface area contributed by atoms with Crippen LogP contribution in [0.15, 0.2) is 55.0 Å². The van der Waals surface area contributed by atoms with Gasteiger partial charge in [0.25, 0.3) is 0 Å². The van der Waals surface area contributed by atoms with Crippen molar-refractivity contribution in [3.05, 3.63) is 81.2 Å². The standard InChI is InChI=1S/C20H20F2N2O3S/c21-20(22)27-18-6-2-1-5-16(18)17(12-14-7-9-24(26)10-8-14)19-23-13-15(28-19)4-3-11-25/h1-2,5-10,13,17,20,25H,3-4,11-12H2. The smallest absolute Gasteiger partial charge is 0.387 e. The van der Waals surface area contributed by atoms with Gasteiger partial charge in [-0.05, 0) is 30.9 Å². The summed E-state index contributed by atoms with van der Waals surface area (Å²) >= 11 is 1.49. The molecule has 0 saturated carbocycles. The fraction of sp³-hybridized carbons (Fsp3) is 0.300. The highest BCUT2D eigenvalue weighted by Crippen LogP contribution is 2.37. The number of benzene rings is 1. The van der Waals surface area contributed by atoms with Gasteiger partial charge in [0, 0.05) is 41.3 Å². The highest BCUT2D eigenvalue weighted by atomic mass is 32.1. The highest BCUT2D eigenvalue weighted by Gasteiger charge is 2.23. The maximum absolute atomic E-state index is 12.9. The molecule has 0 aliphatic heterocycles. The van der Waals surface area contributed by atoms with E-state index in [2.05, 4.69) is 4.98 Å². The van der Waals surface area contributed by atoms with Crippen LogP contribution in [0.2, 0.25) is 0 Å². The molecule has 1 unspecified atom stereocenters. The van der Waals surface area contributed by atoms with E-state index in [4.69, 9.17) is 9.84 Å². The summed E-state index contributed by atoms with van der Waals surface area (Å²) in [5, 5.41) is 21.1. The summed E-state index contributed by atoms with van der Waals surface area (Å²) in [4.78, 5) is 5.53. The zero-order valence-electron chi connectivity index (χ0n) is 15.0. The minimum absolute atomic E-state index is 0.0981. The molecule has 0 radical (unpaired) electrons. The van der Waals surface area contributed by atoms with Crippen molar-refractivity contribution in [2.24, 2.45) is 0 Å². The summed E-state index contributed by atoms with van der Waals surface area (Å²) < 4.78 is 31.2. The fourth-order valence-electron chi connectivity index (χ4n) is 2.97. The van der Waals surface area contributed by atoms with Crippen molar-refractivity contribution in [1.29, 1.82) is 0 Å². The van der Waals surface area contributed by atoms with Crippen LogP contribution in [-0.2, 0) is 12.8 Å². The molecule has 5 nitrogen and oxygen atoms in total. The molecule has 3 rings (SSSR count). The van der Waals surface area contributed by atoms with Crippen molar-refractivity contribution in [3.63, 3.8) is 0 Å². The van der Waals surface area contributed by atoms with Gasteiger partial charge in [0.1, 0.15) is 10.8 Å². The molecule has 3 aromatic rings. The second-order valence-corrected chi connectivity index (χ2v) is 7.38. The third-order valence-electron chi connectivity index (χ3n) is 4.27. The Bertz CT molecular complexity index is 887. The van der Waals surface area contributed by atoms with Gasteiger partial charge in [0.05, 0.1) is 0 Å². The summed E-state index contributed by atoms with van der Waals surface area (Å²) in [6, 6.07) is 10.1. The third-order valence-corrected chi connectivity index (χ3v) is 5.44. The van der Waals surface area contributed by atoms with Gasteiger partial charge in [-0.3, -0.25) is 0 Å². The molecule has 2 aromatic heterocycles. The van der Waals surface area contributed by atoms with E-state index < -0.39 is 6.61 Å². The molecule has 0 amide bonds. The number of thiazole rings is 1. The Morgan fingerprint density at radius 2 is 1.93 bits per heavy atom. The zero-order valence-corrected chi connectivity index (χ0v) is 15.8. The first-order chi connectivity index (χ1) is 13.6. The first-order valence-electron chi connectivity index (χ1n) is 8.83. The normalized spacial score (nSPS) is 12.3. The molecule has 1 aromatic carbocycles. The van der Waals surface area contributed by atoms with E-state index >= 15 is 0 Å². The number of para-hydroxylation sites is 1. The van der Waals surface area contributed by atoms with E-state index in [1.54, 1.807) is 36.5 Å². The maximum atomic E-state index is 12.9. The van der Waals surface area contributed by atoms with Crippen LogP contribution in [-0.4, -0.2) is 23.3 Å². The summed E-state index contributed by atoms with van der Waals surface area (Å²) in [6.07, 6.45) is 6.40. The molecule has 28 heavy (non-hydrogen) atoms. The van der Waals surface area contributed by atoms with E-state index in [0.29, 0.717) is 29.6 Å². The minimum atomic E-state index is -2.92. The molecule has 0 fully saturated rings. The average Bonchev–Trinajstić information content (AvgIpc) is 3.15. The number of nitrogens with zero attached hydrogens (tertiary/aromatic N) is 2. The number of rotatable bonds is 9. The molecule has 0 spiro atoms. The second-order valence-electron chi connectivity index (χ2n) is 6.23. The topological polar surface area (TPSA) is 69.3 Å². The molecule has 1 N–H and O–H groups in total. The van der Waals surface area contributed by atoms with Gasteiger partial charge in [-0.1, -0.05) is 18.2 Å². The molecular weight excluding hydrogens is 386 g/mol. The summed E-state index contributed by atoms with van der Waals surface area (Å²) in [5.74, 6) is -0.185. The quantitative estimate of drug-likeness (QED) is 0.435. The lowest BCUT2D eigenvalue weighted by Crippen LogP contribution is -2.24. The molecule has 0 aliphatic carbocycles. The van der Waals surface area contributed by atoms with Crippen LogP contribution in [0.3, 0.4) is 0 Å². The summed E-state index contributed by atoms with van der Waals surface area (Å²) in [7, 11) is 0. The first-order valence-corrected chi connectivity index (χ1v) is 9.65. The number of aromatic nitrogens is 2. The van der Waals surface area contributed by atoms with Gasteiger partial charge >= 0.3 is 6.61 Å². The van der Waals surface area contributed by atoms with Gasteiger partial charge in [-0.25, -0.2) is 4.98 Å². The van der Waals surface area contributed by atoms with E-state index in [1.807, 2.05) is 0 Å². The number of aliphatic hydroxyl groups is 1. The van der Waals surface area contributed by atoms with Crippen LogP contribution in [0, 0.1) is 5.21 Å². The van der Waals surface area contributed by atoms with Gasteiger partial charge < -0.3 is 15.1 Å². The molecular formula is C20H20F2N2O3S. The average molecular weight is 406 g/mol. The number of hydrogen-bond acceptors (Lipinski definition) is 5. The molecule has 148 valence electrons. The highest BCUT2D eigenvalue weighted by molar-refractivity contribution is 7.11. The van der Waals surface area contributed by atoms with Crippen molar-refractivity contribution >= 4 is 11.3 Å². The van der Waals surface area contributed by atoms with Crippen molar-refractivity contribution in [2.45, 2.75) is 31.8 Å². The van der Waals surface area contributed by atoms with Crippen molar-refractivity contribution < 1.29 is 23.4 Å². The number of ether oxygens (including phenoxy) is 1. The Labute approximate surface area is 165 Å². The number of aliphatic hydroxyl groups excluding tert-OH is 1. The van der Waals surface area contributed by atoms with Gasteiger partial charge in [-0.15, -0.1) is 11.3 Å². The van der Waals surface area contributed by atoms with E-state index in [1.165, 1.54) is 29.8 Å². The monoisotopic (exact) mass is 406 g/mol. The number of halogens is 2. The van der Waals surface area contributed by atoms with Crippen LogP contribution >= 0.6 is 11.3 Å². The molecule has 0 saturated heterocycles. The summed E-state index contributed by atoms with van der Waals surface area (Å²) in [6.45, 7) is -2.82. The maximum Gasteiger partial charge on any atom is 0.387 e. The van der Waals surface area contributed by atoms with Crippen LogP contribution in [0.5, 0.6) is 5.75 Å². The number of aryl methyl sites for hydroxylation is 1. The van der Waals surface area contributed by atoms with Crippen LogP contribution < -0.4 is 9.47 Å². The molecule has 1 atom stereocenters. The number of hydrogen-bond donors (Lipinski definition) is 1. The predicted octanol–water partition coefficient (Wildman–Crippen LogP) is 3.68. The van der Waals surface area contributed by atoms with Crippen molar-refractivity contribution in [3.8, 4) is 5.75 Å². The Hall–Kier alpha value is -2.58. The lowest BCUT2D eigenvalue weighted by Gasteiger charge is -2.19. The lowest BCUT2D eigenvalue weighted by atomic mass is 9.92. The van der Waals surface area contributed by atoms with E-state index in [-0.39, 0.29) is 18.3 Å². The van der Waals surface area contributed by atoms with Crippen molar-refractivity contribution in [1.82, 2.24) is 4.98 Å². The van der Waals surface area contributed by atoms with Gasteiger partial charge in [0.15, 0.2) is 12.4 Å². The number of alkyl halides is 2. The zero-order chi connectivity index (χ0) is 19.9.